The summed E-state index contributed by atoms with van der Waals surface area (Å²) in [6.07, 6.45) is 2.63. The molecular weight excluding hydrogens is 202 g/mol. The van der Waals surface area contributed by atoms with Gasteiger partial charge in [-0.15, -0.1) is 0 Å². The molecule has 0 bridgehead atoms. The van der Waals surface area contributed by atoms with Gasteiger partial charge in [-0.1, -0.05) is 0 Å². The first kappa shape index (κ1) is 11.3. The summed E-state index contributed by atoms with van der Waals surface area (Å²) in [6, 6.07) is 0.131. The Hall–Kier alpha value is -1.20. The zero-order chi connectivity index (χ0) is 11.5. The first-order valence-electron chi connectivity index (χ1n) is 5.67. The fraction of sp³-hybridized carbons (Fsp3) is 0.636. The maximum atomic E-state index is 5.73. The van der Waals surface area contributed by atoms with E-state index in [1.165, 1.54) is 11.3 Å². The summed E-state index contributed by atoms with van der Waals surface area (Å²) in [5, 5.41) is 3.29. The number of fused-ring (bicyclic) bond motifs is 1. The van der Waals surface area contributed by atoms with Gasteiger partial charge in [-0.25, -0.2) is 9.97 Å². The van der Waals surface area contributed by atoms with E-state index < -0.39 is 0 Å². The SMILES string of the molecule is CC(N)CNc1ncnc2c1CN(C)CC2. The van der Waals surface area contributed by atoms with Crippen LogP contribution >= 0.6 is 0 Å². The van der Waals surface area contributed by atoms with Crippen LogP contribution < -0.4 is 11.1 Å². The lowest BCUT2D eigenvalue weighted by Gasteiger charge is -2.25. The second kappa shape index (κ2) is 4.76. The van der Waals surface area contributed by atoms with E-state index in [1.54, 1.807) is 6.33 Å². The fourth-order valence-corrected chi connectivity index (χ4v) is 1.89. The molecule has 1 aromatic heterocycles. The van der Waals surface area contributed by atoms with Gasteiger partial charge in [0.1, 0.15) is 12.1 Å². The first-order valence-corrected chi connectivity index (χ1v) is 5.67. The molecule has 2 heterocycles. The van der Waals surface area contributed by atoms with Gasteiger partial charge in [0.05, 0.1) is 5.69 Å². The summed E-state index contributed by atoms with van der Waals surface area (Å²) >= 11 is 0. The van der Waals surface area contributed by atoms with Crippen molar-refractivity contribution in [1.82, 2.24) is 14.9 Å². The molecule has 5 nitrogen and oxygen atoms in total. The van der Waals surface area contributed by atoms with E-state index in [-0.39, 0.29) is 6.04 Å². The second-order valence-electron chi connectivity index (χ2n) is 4.49. The summed E-state index contributed by atoms with van der Waals surface area (Å²) in [6.45, 7) is 4.70. The van der Waals surface area contributed by atoms with Crippen molar-refractivity contribution in [3.05, 3.63) is 17.6 Å². The highest BCUT2D eigenvalue weighted by atomic mass is 15.1. The quantitative estimate of drug-likeness (QED) is 0.764. The van der Waals surface area contributed by atoms with Crippen LogP contribution in [-0.2, 0) is 13.0 Å². The Morgan fingerprint density at radius 3 is 3.12 bits per heavy atom. The average Bonchev–Trinajstić information content (AvgIpc) is 2.26. The lowest BCUT2D eigenvalue weighted by molar-refractivity contribution is 0.310. The molecule has 16 heavy (non-hydrogen) atoms. The Bertz CT molecular complexity index is 363. The standard InChI is InChI=1S/C11H19N5/c1-8(12)5-13-11-9-6-16(2)4-3-10(9)14-7-15-11/h7-8H,3-6,12H2,1-2H3,(H,13,14,15). The zero-order valence-electron chi connectivity index (χ0n) is 9.90. The van der Waals surface area contributed by atoms with Crippen LogP contribution in [0.15, 0.2) is 6.33 Å². The monoisotopic (exact) mass is 221 g/mol. The highest BCUT2D eigenvalue weighted by Crippen LogP contribution is 2.21. The molecule has 0 amide bonds. The maximum Gasteiger partial charge on any atom is 0.134 e. The van der Waals surface area contributed by atoms with Crippen molar-refractivity contribution >= 4 is 5.82 Å². The fourth-order valence-electron chi connectivity index (χ4n) is 1.89. The van der Waals surface area contributed by atoms with Crippen LogP contribution in [0, 0.1) is 0 Å². The van der Waals surface area contributed by atoms with Gasteiger partial charge in [0, 0.05) is 37.7 Å². The van der Waals surface area contributed by atoms with E-state index in [1.807, 2.05) is 6.92 Å². The van der Waals surface area contributed by atoms with Crippen LogP contribution in [0.25, 0.3) is 0 Å². The Labute approximate surface area is 96.1 Å². The van der Waals surface area contributed by atoms with Crippen molar-refractivity contribution in [2.24, 2.45) is 5.73 Å². The minimum atomic E-state index is 0.131. The minimum absolute atomic E-state index is 0.131. The molecule has 1 aliphatic heterocycles. The number of likely N-dealkylation sites (N-methyl/N-ethyl adjacent to an activating group) is 1. The molecule has 0 saturated carbocycles. The van der Waals surface area contributed by atoms with Crippen molar-refractivity contribution in [3.8, 4) is 0 Å². The molecule has 5 heteroatoms. The van der Waals surface area contributed by atoms with Crippen LogP contribution in [0.3, 0.4) is 0 Å². The number of hydrogen-bond acceptors (Lipinski definition) is 5. The number of nitrogens with zero attached hydrogens (tertiary/aromatic N) is 3. The number of hydrogen-bond donors (Lipinski definition) is 2. The van der Waals surface area contributed by atoms with Gasteiger partial charge in [-0.05, 0) is 14.0 Å². The topological polar surface area (TPSA) is 67.1 Å². The van der Waals surface area contributed by atoms with Crippen molar-refractivity contribution in [1.29, 1.82) is 0 Å². The molecule has 1 atom stereocenters. The van der Waals surface area contributed by atoms with Crippen molar-refractivity contribution in [2.75, 3.05) is 25.5 Å². The summed E-state index contributed by atoms with van der Waals surface area (Å²) in [7, 11) is 2.12. The molecular formula is C11H19N5. The van der Waals surface area contributed by atoms with Gasteiger partial charge in [-0.3, -0.25) is 0 Å². The summed E-state index contributed by atoms with van der Waals surface area (Å²) in [5.41, 5.74) is 8.11. The molecule has 0 spiro atoms. The molecule has 1 unspecified atom stereocenters. The normalized spacial score (nSPS) is 17.9. The Kier molecular flexibility index (Phi) is 3.36. The van der Waals surface area contributed by atoms with Gasteiger partial charge in [0.25, 0.3) is 0 Å². The predicted octanol–water partition coefficient (Wildman–Crippen LogP) is 0.224. The van der Waals surface area contributed by atoms with E-state index in [2.05, 4.69) is 27.2 Å². The molecule has 0 aliphatic carbocycles. The van der Waals surface area contributed by atoms with Gasteiger partial charge in [0.2, 0.25) is 0 Å². The predicted molar refractivity (Wildman–Crippen MR) is 64.2 cm³/mol. The molecule has 1 aromatic rings. The van der Waals surface area contributed by atoms with Crippen LogP contribution in [0.5, 0.6) is 0 Å². The molecule has 0 aromatic carbocycles. The lowest BCUT2D eigenvalue weighted by Crippen LogP contribution is -2.30. The molecule has 88 valence electrons. The van der Waals surface area contributed by atoms with Gasteiger partial charge < -0.3 is 16.0 Å². The lowest BCUT2D eigenvalue weighted by atomic mass is 10.1. The first-order chi connectivity index (χ1) is 7.66. The Morgan fingerprint density at radius 1 is 1.56 bits per heavy atom. The summed E-state index contributed by atoms with van der Waals surface area (Å²) in [5.74, 6) is 0.939. The highest BCUT2D eigenvalue weighted by molar-refractivity contribution is 5.46. The molecule has 0 radical (unpaired) electrons. The van der Waals surface area contributed by atoms with E-state index >= 15 is 0 Å². The summed E-state index contributed by atoms with van der Waals surface area (Å²) in [4.78, 5) is 10.9. The van der Waals surface area contributed by atoms with Crippen molar-refractivity contribution < 1.29 is 0 Å². The highest BCUT2D eigenvalue weighted by Gasteiger charge is 2.18. The van der Waals surface area contributed by atoms with Crippen LogP contribution in [0.4, 0.5) is 5.82 Å². The van der Waals surface area contributed by atoms with Crippen molar-refractivity contribution in [3.63, 3.8) is 0 Å². The second-order valence-corrected chi connectivity index (χ2v) is 4.49. The Morgan fingerprint density at radius 2 is 2.38 bits per heavy atom. The summed E-state index contributed by atoms with van der Waals surface area (Å²) < 4.78 is 0. The average molecular weight is 221 g/mol. The number of nitrogens with one attached hydrogen (secondary N) is 1. The number of aromatic nitrogens is 2. The largest absolute Gasteiger partial charge is 0.368 e. The minimum Gasteiger partial charge on any atom is -0.368 e. The van der Waals surface area contributed by atoms with Crippen LogP contribution in [0.2, 0.25) is 0 Å². The number of rotatable bonds is 3. The third-order valence-electron chi connectivity index (χ3n) is 2.78. The van der Waals surface area contributed by atoms with Gasteiger partial charge in [-0.2, -0.15) is 0 Å². The molecule has 0 saturated heterocycles. The van der Waals surface area contributed by atoms with Crippen LogP contribution in [0.1, 0.15) is 18.2 Å². The van der Waals surface area contributed by atoms with E-state index in [0.29, 0.717) is 0 Å². The molecule has 2 rings (SSSR count). The zero-order valence-corrected chi connectivity index (χ0v) is 9.90. The van der Waals surface area contributed by atoms with Crippen LogP contribution in [-0.4, -0.2) is 41.0 Å². The molecule has 1 aliphatic rings. The smallest absolute Gasteiger partial charge is 0.134 e. The van der Waals surface area contributed by atoms with E-state index in [0.717, 1.165) is 31.9 Å². The third kappa shape index (κ3) is 2.48. The molecule has 3 N–H and O–H groups in total. The molecule has 0 fully saturated rings. The van der Waals surface area contributed by atoms with Gasteiger partial charge >= 0.3 is 0 Å². The number of anilines is 1. The number of nitrogens with two attached hydrogens (primary N) is 1. The van der Waals surface area contributed by atoms with Crippen molar-refractivity contribution in [2.45, 2.75) is 25.9 Å². The third-order valence-corrected chi connectivity index (χ3v) is 2.78. The maximum absolute atomic E-state index is 5.73. The Balaban J connectivity index is 2.18. The van der Waals surface area contributed by atoms with E-state index in [4.69, 9.17) is 5.73 Å². The van der Waals surface area contributed by atoms with Gasteiger partial charge in [0.15, 0.2) is 0 Å². The van der Waals surface area contributed by atoms with E-state index in [9.17, 15) is 0 Å².